The molecule has 0 nitrogen and oxygen atoms in total. The van der Waals surface area contributed by atoms with Crippen molar-refractivity contribution in [3.8, 4) is 11.8 Å². The van der Waals surface area contributed by atoms with Crippen molar-refractivity contribution in [1.29, 1.82) is 0 Å². The lowest BCUT2D eigenvalue weighted by molar-refractivity contribution is 0.403. The highest BCUT2D eigenvalue weighted by molar-refractivity contribution is 5.31. The maximum absolute atomic E-state index is 12.7. The SMILES string of the molecule is CCC(F)C#CC1=CC[CH]CC1. The van der Waals surface area contributed by atoms with Gasteiger partial charge in [-0.2, -0.15) is 0 Å². The Morgan fingerprint density at radius 3 is 3.08 bits per heavy atom. The summed E-state index contributed by atoms with van der Waals surface area (Å²) in [7, 11) is 0. The van der Waals surface area contributed by atoms with Gasteiger partial charge >= 0.3 is 0 Å². The predicted molar refractivity (Wildman–Crippen MR) is 49.2 cm³/mol. The van der Waals surface area contributed by atoms with Crippen LogP contribution in [0.5, 0.6) is 0 Å². The van der Waals surface area contributed by atoms with E-state index in [0.29, 0.717) is 6.42 Å². The van der Waals surface area contributed by atoms with Gasteiger partial charge in [-0.05, 0) is 37.7 Å². The van der Waals surface area contributed by atoms with Crippen molar-refractivity contribution in [3.05, 3.63) is 18.1 Å². The van der Waals surface area contributed by atoms with Crippen molar-refractivity contribution in [2.45, 2.75) is 38.8 Å². The highest BCUT2D eigenvalue weighted by Crippen LogP contribution is 2.15. The Labute approximate surface area is 73.9 Å². The quantitative estimate of drug-likeness (QED) is 0.524. The molecule has 1 unspecified atom stereocenters. The van der Waals surface area contributed by atoms with Gasteiger partial charge in [-0.15, -0.1) is 0 Å². The Morgan fingerprint density at radius 1 is 1.67 bits per heavy atom. The second kappa shape index (κ2) is 4.98. The van der Waals surface area contributed by atoms with Crippen LogP contribution in [0.3, 0.4) is 0 Å². The van der Waals surface area contributed by atoms with E-state index in [4.69, 9.17) is 0 Å². The van der Waals surface area contributed by atoms with Gasteiger partial charge in [0.15, 0.2) is 6.17 Å². The molecule has 0 heterocycles. The van der Waals surface area contributed by atoms with Crippen molar-refractivity contribution < 1.29 is 4.39 Å². The molecule has 0 N–H and O–H groups in total. The largest absolute Gasteiger partial charge is 0.233 e. The average Bonchev–Trinajstić information content (AvgIpc) is 2.16. The molecule has 1 aliphatic rings. The van der Waals surface area contributed by atoms with E-state index in [-0.39, 0.29) is 0 Å². The van der Waals surface area contributed by atoms with Crippen LogP contribution in [-0.4, -0.2) is 6.17 Å². The van der Waals surface area contributed by atoms with Crippen molar-refractivity contribution in [2.75, 3.05) is 0 Å². The number of alkyl halides is 1. The molecule has 1 atom stereocenters. The molecule has 12 heavy (non-hydrogen) atoms. The van der Waals surface area contributed by atoms with Crippen molar-refractivity contribution in [3.63, 3.8) is 0 Å². The molecule has 0 amide bonds. The molecule has 0 aliphatic heterocycles. The fourth-order valence-corrected chi connectivity index (χ4v) is 1.09. The van der Waals surface area contributed by atoms with Gasteiger partial charge in [0.25, 0.3) is 0 Å². The molecule has 0 aromatic heterocycles. The van der Waals surface area contributed by atoms with E-state index in [0.717, 1.165) is 24.8 Å². The van der Waals surface area contributed by atoms with Gasteiger partial charge in [-0.25, -0.2) is 4.39 Å². The summed E-state index contributed by atoms with van der Waals surface area (Å²) in [4.78, 5) is 0. The zero-order valence-electron chi connectivity index (χ0n) is 7.44. The van der Waals surface area contributed by atoms with Gasteiger partial charge in [0.05, 0.1) is 0 Å². The number of halogens is 1. The maximum Gasteiger partial charge on any atom is 0.160 e. The topological polar surface area (TPSA) is 0 Å². The fraction of sp³-hybridized carbons (Fsp3) is 0.545. The Morgan fingerprint density at radius 2 is 2.50 bits per heavy atom. The fourth-order valence-electron chi connectivity index (χ4n) is 1.09. The minimum absolute atomic E-state index is 0.492. The number of rotatable bonds is 1. The van der Waals surface area contributed by atoms with Crippen molar-refractivity contribution in [1.82, 2.24) is 0 Å². The van der Waals surface area contributed by atoms with Crippen LogP contribution in [0, 0.1) is 18.3 Å². The minimum atomic E-state index is -0.947. The second-order valence-electron chi connectivity index (χ2n) is 2.94. The third-order valence-electron chi connectivity index (χ3n) is 1.90. The first kappa shape index (κ1) is 9.32. The van der Waals surface area contributed by atoms with Crippen LogP contribution >= 0.6 is 0 Å². The lowest BCUT2D eigenvalue weighted by atomic mass is 10.00. The summed E-state index contributed by atoms with van der Waals surface area (Å²) in [6.45, 7) is 1.81. The molecule has 0 aromatic rings. The third-order valence-corrected chi connectivity index (χ3v) is 1.90. The Hall–Kier alpha value is -0.770. The van der Waals surface area contributed by atoms with Crippen LogP contribution in [0.1, 0.15) is 32.6 Å². The highest BCUT2D eigenvalue weighted by Gasteiger charge is 2.01. The van der Waals surface area contributed by atoms with Gasteiger partial charge in [0.2, 0.25) is 0 Å². The molecule has 0 fully saturated rings. The van der Waals surface area contributed by atoms with E-state index in [2.05, 4.69) is 24.3 Å². The van der Waals surface area contributed by atoms with Crippen LogP contribution in [0.25, 0.3) is 0 Å². The lowest BCUT2D eigenvalue weighted by Crippen LogP contribution is -1.93. The Balaban J connectivity index is 2.46. The summed E-state index contributed by atoms with van der Waals surface area (Å²) in [5.41, 5.74) is 1.11. The molecule has 1 aliphatic carbocycles. The molecular weight excluding hydrogens is 151 g/mol. The molecule has 65 valence electrons. The number of allylic oxidation sites excluding steroid dienone is 2. The first-order valence-corrected chi connectivity index (χ1v) is 4.49. The molecule has 0 bridgehead atoms. The maximum atomic E-state index is 12.7. The smallest absolute Gasteiger partial charge is 0.160 e. The zero-order chi connectivity index (χ0) is 8.81. The van der Waals surface area contributed by atoms with E-state index >= 15 is 0 Å². The summed E-state index contributed by atoms with van der Waals surface area (Å²) >= 11 is 0. The average molecular weight is 165 g/mol. The first-order valence-electron chi connectivity index (χ1n) is 4.49. The van der Waals surface area contributed by atoms with Crippen LogP contribution in [0.4, 0.5) is 4.39 Å². The summed E-state index contributed by atoms with van der Waals surface area (Å²) in [5.74, 6) is 5.49. The predicted octanol–water partition coefficient (Wildman–Crippen LogP) is 3.05. The van der Waals surface area contributed by atoms with E-state index in [1.54, 1.807) is 0 Å². The van der Waals surface area contributed by atoms with Crippen LogP contribution < -0.4 is 0 Å². The normalized spacial score (nSPS) is 19.0. The summed E-state index contributed by atoms with van der Waals surface area (Å²) in [5, 5.41) is 0. The van der Waals surface area contributed by atoms with Crippen molar-refractivity contribution in [2.24, 2.45) is 0 Å². The third kappa shape index (κ3) is 3.09. The highest BCUT2D eigenvalue weighted by atomic mass is 19.1. The first-order chi connectivity index (χ1) is 5.83. The summed E-state index contributed by atoms with van der Waals surface area (Å²) in [6, 6.07) is 0. The minimum Gasteiger partial charge on any atom is -0.233 e. The standard InChI is InChI=1S/C11H14F/c1-2-11(12)9-8-10-6-4-3-5-7-10/h3,6,11H,2,4-5,7H2,1H3. The Kier molecular flexibility index (Phi) is 3.87. The monoisotopic (exact) mass is 165 g/mol. The van der Waals surface area contributed by atoms with E-state index in [1.807, 2.05) is 6.92 Å². The van der Waals surface area contributed by atoms with Crippen LogP contribution in [0.15, 0.2) is 11.6 Å². The number of hydrogen-bond acceptors (Lipinski definition) is 0. The molecule has 1 heteroatoms. The molecule has 0 saturated carbocycles. The van der Waals surface area contributed by atoms with Crippen molar-refractivity contribution >= 4 is 0 Å². The summed E-state index contributed by atoms with van der Waals surface area (Å²) < 4.78 is 12.7. The van der Waals surface area contributed by atoms with E-state index in [1.165, 1.54) is 0 Å². The molecule has 1 rings (SSSR count). The van der Waals surface area contributed by atoms with Crippen LogP contribution in [-0.2, 0) is 0 Å². The van der Waals surface area contributed by atoms with Gasteiger partial charge in [-0.1, -0.05) is 24.8 Å². The zero-order valence-corrected chi connectivity index (χ0v) is 7.44. The van der Waals surface area contributed by atoms with Gasteiger partial charge in [0, 0.05) is 0 Å². The second-order valence-corrected chi connectivity index (χ2v) is 2.94. The van der Waals surface area contributed by atoms with E-state index < -0.39 is 6.17 Å². The molecule has 0 aromatic carbocycles. The molecular formula is C11H14F. The molecule has 0 spiro atoms. The van der Waals surface area contributed by atoms with Gasteiger partial charge < -0.3 is 0 Å². The summed E-state index contributed by atoms with van der Waals surface area (Å²) in [6.07, 6.45) is 6.92. The van der Waals surface area contributed by atoms with Gasteiger partial charge in [0.1, 0.15) is 0 Å². The molecule has 0 saturated heterocycles. The Bertz CT molecular complexity index is 217. The molecule has 1 radical (unpaired) electrons. The van der Waals surface area contributed by atoms with Crippen LogP contribution in [0.2, 0.25) is 0 Å². The van der Waals surface area contributed by atoms with Gasteiger partial charge in [-0.3, -0.25) is 0 Å². The lowest BCUT2D eigenvalue weighted by Gasteiger charge is -2.05. The number of hydrogen-bond donors (Lipinski definition) is 0. The van der Waals surface area contributed by atoms with E-state index in [9.17, 15) is 4.39 Å².